The monoisotopic (exact) mass is 994 g/mol. The molecule has 7 N–H and O–H groups in total. The normalized spacial score (nSPS) is 15.2. The Hall–Kier alpha value is -8.68. The summed E-state index contributed by atoms with van der Waals surface area (Å²) in [7, 11) is 1.27. The molecule has 20 nitrogen and oxygen atoms in total. The first-order valence-corrected chi connectivity index (χ1v) is 24.0. The van der Waals surface area contributed by atoms with Crippen molar-refractivity contribution in [3.8, 4) is 0 Å². The number of aromatic amines is 4. The van der Waals surface area contributed by atoms with Crippen LogP contribution in [0, 0.1) is 13.8 Å². The van der Waals surface area contributed by atoms with Gasteiger partial charge in [0.25, 0.3) is 11.1 Å². The van der Waals surface area contributed by atoms with Crippen molar-refractivity contribution in [3.05, 3.63) is 160 Å². The van der Waals surface area contributed by atoms with E-state index < -0.39 is 41.6 Å². The Kier molecular flexibility index (Phi) is 14.2. The van der Waals surface area contributed by atoms with Crippen molar-refractivity contribution >= 4 is 68.0 Å². The number of fused-ring (bicyclic) bond motifs is 4. The van der Waals surface area contributed by atoms with Crippen molar-refractivity contribution in [1.29, 1.82) is 0 Å². The number of carbonyl (C=O) groups is 4. The molecule has 0 bridgehead atoms. The Morgan fingerprint density at radius 3 is 1.45 bits per heavy atom. The number of carboxylic acid groups (broad SMARTS) is 1. The number of urea groups is 2. The molecule has 0 saturated carbocycles. The number of piperidine rings is 2. The number of benzene rings is 4. The van der Waals surface area contributed by atoms with Crippen LogP contribution in [0.25, 0.3) is 44.0 Å². The van der Waals surface area contributed by atoms with Crippen molar-refractivity contribution in [2.24, 2.45) is 0 Å². The van der Waals surface area contributed by atoms with Gasteiger partial charge in [-0.05, 0) is 121 Å². The summed E-state index contributed by atoms with van der Waals surface area (Å²) in [6.07, 6.45) is 2.70. The molecule has 378 valence electrons. The zero-order chi connectivity index (χ0) is 51.5. The van der Waals surface area contributed by atoms with Crippen LogP contribution in [0.15, 0.2) is 113 Å². The van der Waals surface area contributed by atoms with Gasteiger partial charge >= 0.3 is 35.5 Å². The van der Waals surface area contributed by atoms with Gasteiger partial charge in [-0.25, -0.2) is 28.8 Å². The number of hydrogen-bond acceptors (Lipinski definition) is 11. The number of aromatic nitrogens is 4. The van der Waals surface area contributed by atoms with Crippen LogP contribution in [0.2, 0.25) is 0 Å². The minimum absolute atomic E-state index is 0.0170. The Morgan fingerprint density at radius 2 is 1.03 bits per heavy atom. The molecule has 6 heterocycles. The zero-order valence-corrected chi connectivity index (χ0v) is 40.3. The third-order valence-corrected chi connectivity index (χ3v) is 13.8. The maximum atomic E-state index is 13.1. The van der Waals surface area contributed by atoms with Gasteiger partial charge in [-0.1, -0.05) is 48.5 Å². The standard InChI is InChI=1S/C27H28N4O6.C26H26N4O6/c1-15-11-16(13-22-23(15)30-27(35)37-22)12-21(25(33)36-2)29-26(34)31-9-7-17(8-10-31)19-14-18-5-3-4-6-20(18)28-24(19)32;1-14-10-15(12-21-22(14)29-26(35)36-21)11-20(24(32)33)28-25(34)30-8-6-16(7-9-30)18-13-17-4-2-3-5-19(17)27-23(18)31/h3-6,11,13-14,17,21H,7-10,12H2,1-2H3,(H,28,32)(H,29,34)(H,30,35);2-5,10,12-13,16,20H,6-9,11H2,1H3,(H,27,31)(H,28,34)(H,29,35)(H,32,33)/t21-;20-/m11/s1. The fourth-order valence-electron chi connectivity index (χ4n) is 10.0. The van der Waals surface area contributed by atoms with E-state index in [9.17, 15) is 43.5 Å². The number of amides is 4. The molecule has 2 atom stereocenters. The average Bonchev–Trinajstić information content (AvgIpc) is 3.96. The number of nitrogens with zero attached hydrogens (tertiary/aromatic N) is 2. The van der Waals surface area contributed by atoms with Crippen molar-refractivity contribution in [1.82, 2.24) is 40.4 Å². The van der Waals surface area contributed by atoms with Gasteiger partial charge in [0.2, 0.25) is 0 Å². The molecule has 10 rings (SSSR count). The number of ether oxygens (including phenoxy) is 1. The first-order valence-electron chi connectivity index (χ1n) is 24.0. The van der Waals surface area contributed by atoms with E-state index in [-0.39, 0.29) is 41.8 Å². The number of para-hydroxylation sites is 2. The van der Waals surface area contributed by atoms with Crippen molar-refractivity contribution in [2.75, 3.05) is 33.3 Å². The van der Waals surface area contributed by atoms with Crippen LogP contribution in [0.4, 0.5) is 9.59 Å². The quantitative estimate of drug-likeness (QED) is 0.0801. The molecule has 2 aliphatic heterocycles. The molecule has 4 aromatic heterocycles. The summed E-state index contributed by atoms with van der Waals surface area (Å²) in [4.78, 5) is 113. The summed E-state index contributed by atoms with van der Waals surface area (Å²) < 4.78 is 15.2. The molecular formula is C53H54N8O12. The summed E-state index contributed by atoms with van der Waals surface area (Å²) in [5.74, 6) is -2.80. The number of pyridine rings is 2. The van der Waals surface area contributed by atoms with Crippen LogP contribution >= 0.6 is 0 Å². The van der Waals surface area contributed by atoms with E-state index in [4.69, 9.17) is 13.6 Å². The van der Waals surface area contributed by atoms with Crippen molar-refractivity contribution in [3.63, 3.8) is 0 Å². The molecule has 4 aromatic carbocycles. The van der Waals surface area contributed by atoms with Gasteiger partial charge in [0.05, 0.1) is 18.1 Å². The molecular weight excluding hydrogens is 941 g/mol. The molecule has 2 saturated heterocycles. The van der Waals surface area contributed by atoms with E-state index in [0.717, 1.165) is 44.1 Å². The number of esters is 1. The van der Waals surface area contributed by atoms with Gasteiger partial charge in [-0.3, -0.25) is 19.6 Å². The SMILES string of the molecule is COC(=O)[C@@H](Cc1cc(C)c2[nH]c(=O)oc2c1)NC(=O)N1CCC(c2cc3ccccc3[nH]c2=O)CC1.Cc1cc(C[C@@H](NC(=O)N2CCC(c3cc4ccccc4[nH]c3=O)CC2)C(=O)O)cc2oc(=O)[nH]c12. The molecule has 0 aliphatic carbocycles. The minimum Gasteiger partial charge on any atom is -0.480 e. The lowest BCUT2D eigenvalue weighted by Crippen LogP contribution is -2.51. The van der Waals surface area contributed by atoms with Gasteiger partial charge in [0.15, 0.2) is 11.2 Å². The molecule has 4 amide bonds. The summed E-state index contributed by atoms with van der Waals surface area (Å²) >= 11 is 0. The van der Waals surface area contributed by atoms with E-state index >= 15 is 0 Å². The predicted molar refractivity (Wildman–Crippen MR) is 271 cm³/mol. The first kappa shape index (κ1) is 49.3. The number of carboxylic acids is 1. The number of rotatable bonds is 10. The lowest BCUT2D eigenvalue weighted by atomic mass is 9.89. The largest absolute Gasteiger partial charge is 0.480 e. The number of aliphatic carboxylic acids is 1. The number of nitrogens with one attached hydrogen (secondary N) is 6. The fraction of sp³-hybridized carbons (Fsp3) is 0.321. The fourth-order valence-corrected chi connectivity index (χ4v) is 10.0. The predicted octanol–water partition coefficient (Wildman–Crippen LogP) is 5.80. The number of carbonyl (C=O) groups excluding carboxylic acids is 3. The van der Waals surface area contributed by atoms with Crippen LogP contribution in [-0.4, -0.2) is 104 Å². The highest BCUT2D eigenvalue weighted by Crippen LogP contribution is 2.29. The van der Waals surface area contributed by atoms with Crippen LogP contribution in [0.1, 0.15) is 70.9 Å². The third kappa shape index (κ3) is 11.0. The highest BCUT2D eigenvalue weighted by molar-refractivity contribution is 5.86. The molecule has 0 spiro atoms. The molecule has 0 radical (unpaired) electrons. The molecule has 20 heteroatoms. The van der Waals surface area contributed by atoms with E-state index in [1.165, 1.54) is 7.11 Å². The Balaban J connectivity index is 0.000000180. The third-order valence-electron chi connectivity index (χ3n) is 13.8. The van der Waals surface area contributed by atoms with Gasteiger partial charge in [0.1, 0.15) is 12.1 Å². The van der Waals surface area contributed by atoms with E-state index in [1.807, 2.05) is 73.7 Å². The summed E-state index contributed by atoms with van der Waals surface area (Å²) in [6, 6.07) is 23.1. The summed E-state index contributed by atoms with van der Waals surface area (Å²) in [6.45, 7) is 5.35. The van der Waals surface area contributed by atoms with Gasteiger partial charge < -0.3 is 49.1 Å². The molecule has 73 heavy (non-hydrogen) atoms. The lowest BCUT2D eigenvalue weighted by Gasteiger charge is -2.33. The van der Waals surface area contributed by atoms with E-state index in [0.29, 0.717) is 85.2 Å². The average molecular weight is 995 g/mol. The number of likely N-dealkylation sites (tertiary alicyclic amines) is 2. The maximum Gasteiger partial charge on any atom is 0.417 e. The highest BCUT2D eigenvalue weighted by atomic mass is 16.5. The molecule has 0 unspecified atom stereocenters. The van der Waals surface area contributed by atoms with E-state index in [2.05, 4.69) is 30.6 Å². The number of aryl methyl sites for hydroxylation is 2. The number of H-pyrrole nitrogens is 4. The van der Waals surface area contributed by atoms with Gasteiger partial charge in [0, 0.05) is 61.2 Å². The maximum absolute atomic E-state index is 13.1. The van der Waals surface area contributed by atoms with Gasteiger partial charge in [-0.15, -0.1) is 0 Å². The Bertz CT molecular complexity index is 3640. The topological polar surface area (TPSA) is 286 Å². The lowest BCUT2D eigenvalue weighted by molar-refractivity contribution is -0.143. The second-order valence-electron chi connectivity index (χ2n) is 18.7. The second-order valence-corrected chi connectivity index (χ2v) is 18.7. The molecule has 2 aliphatic rings. The van der Waals surface area contributed by atoms with Crippen LogP contribution in [0.5, 0.6) is 0 Å². The zero-order valence-electron chi connectivity index (χ0n) is 40.3. The van der Waals surface area contributed by atoms with E-state index in [1.54, 1.807) is 34.9 Å². The van der Waals surface area contributed by atoms with Crippen LogP contribution < -0.4 is 33.3 Å². The molecule has 8 aromatic rings. The minimum atomic E-state index is -1.16. The van der Waals surface area contributed by atoms with Gasteiger partial charge in [-0.2, -0.15) is 0 Å². The number of methoxy groups -OCH3 is 1. The second kappa shape index (κ2) is 21.0. The summed E-state index contributed by atoms with van der Waals surface area (Å²) in [5.41, 5.74) is 7.59. The molecule has 2 fully saturated rings. The number of hydrogen-bond donors (Lipinski definition) is 7. The van der Waals surface area contributed by atoms with Crippen molar-refractivity contribution in [2.45, 2.75) is 76.3 Å². The summed E-state index contributed by atoms with van der Waals surface area (Å²) in [5, 5.41) is 17.1. The Labute approximate surface area is 414 Å². The van der Waals surface area contributed by atoms with Crippen LogP contribution in [0.3, 0.4) is 0 Å². The highest BCUT2D eigenvalue weighted by Gasteiger charge is 2.31. The Morgan fingerprint density at radius 1 is 0.616 bits per heavy atom. The smallest absolute Gasteiger partial charge is 0.417 e. The van der Waals surface area contributed by atoms with Crippen LogP contribution in [-0.2, 0) is 27.2 Å². The van der Waals surface area contributed by atoms with Crippen molar-refractivity contribution < 1.29 is 37.9 Å². The number of oxazole rings is 2. The first-order chi connectivity index (χ1) is 35.1.